The Hall–Kier alpha value is -5.40. The molecule has 0 spiro atoms. The molecule has 442 valence electrons. The van der Waals surface area contributed by atoms with Crippen LogP contribution in [0.15, 0.2) is 146 Å². The van der Waals surface area contributed by atoms with E-state index < -0.39 is 67.3 Å². The maximum absolute atomic E-state index is 13.1. The molecule has 79 heavy (non-hydrogen) atoms. The fourth-order valence-corrected chi connectivity index (χ4v) is 7.87. The summed E-state index contributed by atoms with van der Waals surface area (Å²) in [4.78, 5) is 51.1. The van der Waals surface area contributed by atoms with Gasteiger partial charge in [-0.25, -0.2) is 4.79 Å². The molecule has 6 atom stereocenters. The number of carbonyl (C=O) groups is 4. The number of allylic oxidation sites excluding steroid dienone is 24. The van der Waals surface area contributed by atoms with Crippen LogP contribution in [-0.2, 0) is 42.9 Å². The van der Waals surface area contributed by atoms with Crippen LogP contribution in [0.2, 0.25) is 0 Å². The highest BCUT2D eigenvalue weighted by Crippen LogP contribution is 2.26. The normalized spacial score (nSPS) is 18.9. The van der Waals surface area contributed by atoms with Gasteiger partial charge in [0.1, 0.15) is 18.8 Å². The largest absolute Gasteiger partial charge is 0.479 e. The maximum Gasteiger partial charge on any atom is 0.335 e. The average molecular weight is 1100 g/mol. The van der Waals surface area contributed by atoms with E-state index in [0.717, 1.165) is 128 Å². The standard InChI is InChI=1S/C67H102O12/c1-4-7-10-13-16-19-22-24-26-28-30-32-34-36-39-41-44-47-50-53-59(68)75-56-58(77-60(69)54-51-48-45-42-38-21-18-15-12-9-6-3)57-76-67-65(63(72)62(71)64(79-67)66(73)74)78-61(70)55-52-49-46-43-40-37-35-33-31-29-27-25-23-20-17-14-11-8-5-2/h7-8,10-11,15-20,24-27,30-33,36-37,39-40,44,47,58,62-65,67,71-72H,4-6,9,12-14,21-23,28-29,34-35,38,41-43,45-46,48-57H2,1-3H3,(H,73,74)/b10-7-,11-8-,18-15-,19-16-,20-17-,26-24-,27-25-,32-30-,33-31-,39-36-,40-37-,47-44-. The number of unbranched alkanes of at least 4 members (excludes halogenated alkanes) is 10. The van der Waals surface area contributed by atoms with Crippen LogP contribution >= 0.6 is 0 Å². The second-order valence-corrected chi connectivity index (χ2v) is 19.5. The van der Waals surface area contributed by atoms with Crippen molar-refractivity contribution in [2.75, 3.05) is 13.2 Å². The van der Waals surface area contributed by atoms with E-state index in [4.69, 9.17) is 23.7 Å². The molecule has 12 nitrogen and oxygen atoms in total. The van der Waals surface area contributed by atoms with E-state index in [-0.39, 0.29) is 25.9 Å². The highest BCUT2D eigenvalue weighted by atomic mass is 16.7. The first kappa shape index (κ1) is 71.6. The van der Waals surface area contributed by atoms with Gasteiger partial charge in [-0.2, -0.15) is 0 Å². The number of aliphatic carboxylic acids is 1. The van der Waals surface area contributed by atoms with Crippen molar-refractivity contribution in [1.29, 1.82) is 0 Å². The summed E-state index contributed by atoms with van der Waals surface area (Å²) in [6, 6.07) is 0. The lowest BCUT2D eigenvalue weighted by Crippen LogP contribution is -2.61. The van der Waals surface area contributed by atoms with Gasteiger partial charge in [0.15, 0.2) is 24.6 Å². The van der Waals surface area contributed by atoms with Gasteiger partial charge in [0.2, 0.25) is 0 Å². The molecular formula is C67H102O12. The third-order valence-corrected chi connectivity index (χ3v) is 12.4. The van der Waals surface area contributed by atoms with Gasteiger partial charge in [-0.15, -0.1) is 0 Å². The van der Waals surface area contributed by atoms with Crippen LogP contribution in [0.4, 0.5) is 0 Å². The number of hydrogen-bond donors (Lipinski definition) is 3. The average Bonchev–Trinajstić information content (AvgIpc) is 3.48. The van der Waals surface area contributed by atoms with E-state index in [1.807, 2.05) is 12.2 Å². The molecule has 0 bridgehead atoms. The van der Waals surface area contributed by atoms with Gasteiger partial charge >= 0.3 is 23.9 Å². The predicted molar refractivity (Wildman–Crippen MR) is 321 cm³/mol. The number of hydrogen-bond acceptors (Lipinski definition) is 11. The molecule has 3 N–H and O–H groups in total. The fraction of sp³-hybridized carbons (Fsp3) is 0.582. The molecule has 6 unspecified atom stereocenters. The zero-order valence-corrected chi connectivity index (χ0v) is 48.5. The molecule has 0 aromatic carbocycles. The Labute approximate surface area is 476 Å². The van der Waals surface area contributed by atoms with Crippen LogP contribution in [0, 0.1) is 0 Å². The lowest BCUT2D eigenvalue weighted by atomic mass is 9.98. The number of aliphatic hydroxyl groups excluding tert-OH is 2. The van der Waals surface area contributed by atoms with Gasteiger partial charge in [-0.05, 0) is 122 Å². The molecule has 0 saturated carbocycles. The Morgan fingerprint density at radius 1 is 0.430 bits per heavy atom. The van der Waals surface area contributed by atoms with Crippen LogP contribution in [-0.4, -0.2) is 89.2 Å². The van der Waals surface area contributed by atoms with Gasteiger partial charge in [-0.3, -0.25) is 14.4 Å². The van der Waals surface area contributed by atoms with Crippen molar-refractivity contribution in [2.45, 2.75) is 237 Å². The summed E-state index contributed by atoms with van der Waals surface area (Å²) in [5.41, 5.74) is 0. The fourth-order valence-electron chi connectivity index (χ4n) is 7.87. The number of esters is 3. The van der Waals surface area contributed by atoms with Crippen LogP contribution in [0.25, 0.3) is 0 Å². The van der Waals surface area contributed by atoms with Crippen LogP contribution < -0.4 is 0 Å². The first-order valence-electron chi connectivity index (χ1n) is 29.8. The number of aliphatic hydroxyl groups is 2. The van der Waals surface area contributed by atoms with Crippen molar-refractivity contribution < 1.29 is 58.2 Å². The van der Waals surface area contributed by atoms with Gasteiger partial charge < -0.3 is 39.0 Å². The van der Waals surface area contributed by atoms with Crippen molar-refractivity contribution in [2.24, 2.45) is 0 Å². The summed E-state index contributed by atoms with van der Waals surface area (Å²) in [6.07, 6.45) is 64.0. The number of rotatable bonds is 48. The van der Waals surface area contributed by atoms with Crippen molar-refractivity contribution >= 4 is 23.9 Å². The Morgan fingerprint density at radius 2 is 0.823 bits per heavy atom. The number of carboxylic acids is 1. The Morgan fingerprint density at radius 3 is 1.29 bits per heavy atom. The Balaban J connectivity index is 2.74. The van der Waals surface area contributed by atoms with E-state index in [9.17, 15) is 34.5 Å². The topological polar surface area (TPSA) is 175 Å². The molecule has 1 aliphatic rings. The lowest BCUT2D eigenvalue weighted by molar-refractivity contribution is -0.301. The molecule has 0 radical (unpaired) electrons. The third-order valence-electron chi connectivity index (χ3n) is 12.4. The molecule has 12 heteroatoms. The summed E-state index contributed by atoms with van der Waals surface area (Å²) in [7, 11) is 0. The summed E-state index contributed by atoms with van der Waals surface area (Å²) >= 11 is 0. The van der Waals surface area contributed by atoms with Crippen molar-refractivity contribution in [1.82, 2.24) is 0 Å². The summed E-state index contributed by atoms with van der Waals surface area (Å²) in [6.45, 7) is 5.62. The SMILES string of the molecule is CC/C=C\C/C=C\C/C=C\C/C=C\C/C=C\C/C=C\CCC(=O)OCC(COC1OC(C(=O)O)C(O)C(O)C1OC(=O)CCCCC/C=C\C/C=C\C/C=C\C/C=C\C/C=C\CC)OC(=O)CCCCCCC/C=C\CCCC. The minimum absolute atomic E-state index is 0.00488. The van der Waals surface area contributed by atoms with E-state index in [1.165, 1.54) is 12.8 Å². The molecule has 1 heterocycles. The highest BCUT2D eigenvalue weighted by molar-refractivity contribution is 5.74. The van der Waals surface area contributed by atoms with Gasteiger partial charge in [0, 0.05) is 19.3 Å². The molecule has 1 aliphatic heterocycles. The lowest BCUT2D eigenvalue weighted by Gasteiger charge is -2.40. The molecule has 0 aliphatic carbocycles. The quantitative estimate of drug-likeness (QED) is 0.0228. The summed E-state index contributed by atoms with van der Waals surface area (Å²) in [5.74, 6) is -3.31. The second-order valence-electron chi connectivity index (χ2n) is 19.5. The monoisotopic (exact) mass is 1100 g/mol. The molecule has 0 aromatic rings. The first-order valence-corrected chi connectivity index (χ1v) is 29.8. The van der Waals surface area contributed by atoms with E-state index in [1.54, 1.807) is 0 Å². The molecule has 1 fully saturated rings. The molecule has 0 aromatic heterocycles. The van der Waals surface area contributed by atoms with Crippen molar-refractivity contribution in [3.8, 4) is 0 Å². The zero-order chi connectivity index (χ0) is 57.5. The molecular weight excluding hydrogens is 997 g/mol. The van der Waals surface area contributed by atoms with Gasteiger partial charge in [0.25, 0.3) is 0 Å². The summed E-state index contributed by atoms with van der Waals surface area (Å²) < 4.78 is 28.3. The number of carboxylic acid groups (broad SMARTS) is 1. The van der Waals surface area contributed by atoms with Crippen molar-refractivity contribution in [3.05, 3.63) is 146 Å². The number of carbonyl (C=O) groups excluding carboxylic acids is 3. The number of ether oxygens (including phenoxy) is 5. The zero-order valence-electron chi connectivity index (χ0n) is 48.5. The molecule has 0 amide bonds. The van der Waals surface area contributed by atoms with Crippen LogP contribution in [0.5, 0.6) is 0 Å². The van der Waals surface area contributed by atoms with Crippen LogP contribution in [0.1, 0.15) is 201 Å². The highest BCUT2D eigenvalue weighted by Gasteiger charge is 2.50. The van der Waals surface area contributed by atoms with Gasteiger partial charge in [-0.1, -0.05) is 205 Å². The Kier molecular flexibility index (Phi) is 48.3. The minimum atomic E-state index is -1.93. The smallest absolute Gasteiger partial charge is 0.335 e. The van der Waals surface area contributed by atoms with Crippen LogP contribution in [0.3, 0.4) is 0 Å². The second kappa shape index (κ2) is 53.3. The first-order chi connectivity index (χ1) is 38.6. The van der Waals surface area contributed by atoms with Crippen molar-refractivity contribution in [3.63, 3.8) is 0 Å². The maximum atomic E-state index is 13.1. The third kappa shape index (κ3) is 43.1. The van der Waals surface area contributed by atoms with Gasteiger partial charge in [0.05, 0.1) is 6.61 Å². The van der Waals surface area contributed by atoms with E-state index in [0.29, 0.717) is 19.3 Å². The Bertz CT molecular complexity index is 1930. The van der Waals surface area contributed by atoms with E-state index >= 15 is 0 Å². The molecule has 1 saturated heterocycles. The minimum Gasteiger partial charge on any atom is -0.479 e. The summed E-state index contributed by atoms with van der Waals surface area (Å²) in [5, 5.41) is 31.5. The predicted octanol–water partition coefficient (Wildman–Crippen LogP) is 15.6. The van der Waals surface area contributed by atoms with E-state index in [2.05, 4.69) is 154 Å². The molecule has 1 rings (SSSR count).